The molecule has 4 nitrogen and oxygen atoms in total. The topological polar surface area (TPSA) is 66.4 Å². The number of carbonyl (C=O) groups excluding carboxylic acids is 1. The minimum absolute atomic E-state index is 0.0235. The Morgan fingerprint density at radius 3 is 2.33 bits per heavy atom. The molecule has 0 heterocycles. The maximum absolute atomic E-state index is 12.4. The van der Waals surface area contributed by atoms with Gasteiger partial charge in [0.2, 0.25) is 5.91 Å². The van der Waals surface area contributed by atoms with E-state index in [1.165, 1.54) is 0 Å². The van der Waals surface area contributed by atoms with Gasteiger partial charge in [0.15, 0.2) is 0 Å². The molecule has 2 aromatic carbocycles. The van der Waals surface area contributed by atoms with Crippen LogP contribution in [0.15, 0.2) is 59.5 Å². The number of aryl methyl sites for hydroxylation is 1. The number of hydrogen-bond acceptors (Lipinski definition) is 3. The SMILES string of the molecule is CCC(Sc1ccccc1)C(=O)Nc1ccc(CCC(=O)O)cc1. The van der Waals surface area contributed by atoms with Gasteiger partial charge in [-0.3, -0.25) is 9.59 Å². The number of anilines is 1. The first-order valence-electron chi connectivity index (χ1n) is 7.91. The van der Waals surface area contributed by atoms with E-state index in [0.717, 1.165) is 22.6 Å². The Balaban J connectivity index is 1.93. The first-order chi connectivity index (χ1) is 11.6. The Labute approximate surface area is 146 Å². The zero-order valence-corrected chi connectivity index (χ0v) is 14.4. The molecule has 1 atom stereocenters. The molecule has 0 aliphatic heterocycles. The lowest BCUT2D eigenvalue weighted by Gasteiger charge is -2.15. The van der Waals surface area contributed by atoms with Gasteiger partial charge in [0.1, 0.15) is 0 Å². The summed E-state index contributed by atoms with van der Waals surface area (Å²) in [5, 5.41) is 11.5. The summed E-state index contributed by atoms with van der Waals surface area (Å²) in [7, 11) is 0. The van der Waals surface area contributed by atoms with E-state index in [1.807, 2.05) is 61.5 Å². The Hall–Kier alpha value is -2.27. The summed E-state index contributed by atoms with van der Waals surface area (Å²) in [6.07, 6.45) is 1.34. The summed E-state index contributed by atoms with van der Waals surface area (Å²) in [6.45, 7) is 2.00. The van der Waals surface area contributed by atoms with Crippen molar-refractivity contribution in [1.82, 2.24) is 0 Å². The van der Waals surface area contributed by atoms with Gasteiger partial charge < -0.3 is 10.4 Å². The zero-order chi connectivity index (χ0) is 17.4. The second-order valence-electron chi connectivity index (χ2n) is 5.41. The summed E-state index contributed by atoms with van der Waals surface area (Å²) in [4.78, 5) is 24.1. The number of carbonyl (C=O) groups is 2. The number of thioether (sulfide) groups is 1. The van der Waals surface area contributed by atoms with Crippen molar-refractivity contribution in [3.63, 3.8) is 0 Å². The fourth-order valence-corrected chi connectivity index (χ4v) is 3.19. The van der Waals surface area contributed by atoms with Crippen molar-refractivity contribution >= 4 is 29.3 Å². The van der Waals surface area contributed by atoms with Gasteiger partial charge in [-0.2, -0.15) is 0 Å². The number of amides is 1. The van der Waals surface area contributed by atoms with Crippen molar-refractivity contribution in [2.24, 2.45) is 0 Å². The molecule has 1 unspecified atom stereocenters. The standard InChI is InChI=1S/C19H21NO3S/c1-2-17(24-16-6-4-3-5-7-16)19(23)20-15-11-8-14(9-12-15)10-13-18(21)22/h3-9,11-12,17H,2,10,13H2,1H3,(H,20,23)(H,21,22). The van der Waals surface area contributed by atoms with Crippen LogP contribution in [-0.2, 0) is 16.0 Å². The normalized spacial score (nSPS) is 11.7. The number of aliphatic carboxylic acids is 1. The minimum Gasteiger partial charge on any atom is -0.481 e. The molecule has 0 spiro atoms. The van der Waals surface area contributed by atoms with Crippen molar-refractivity contribution in [3.05, 3.63) is 60.2 Å². The Kier molecular flexibility index (Phi) is 6.88. The van der Waals surface area contributed by atoms with E-state index in [4.69, 9.17) is 5.11 Å². The van der Waals surface area contributed by atoms with Gasteiger partial charge >= 0.3 is 5.97 Å². The van der Waals surface area contributed by atoms with Crippen molar-refractivity contribution in [2.75, 3.05) is 5.32 Å². The molecule has 0 bridgehead atoms. The number of carboxylic acid groups (broad SMARTS) is 1. The van der Waals surface area contributed by atoms with Crippen LogP contribution < -0.4 is 5.32 Å². The number of rotatable bonds is 8. The van der Waals surface area contributed by atoms with Crippen molar-refractivity contribution in [1.29, 1.82) is 0 Å². The average molecular weight is 343 g/mol. The monoisotopic (exact) mass is 343 g/mol. The average Bonchev–Trinajstić information content (AvgIpc) is 2.59. The van der Waals surface area contributed by atoms with E-state index in [-0.39, 0.29) is 17.6 Å². The lowest BCUT2D eigenvalue weighted by molar-refractivity contribution is -0.137. The molecule has 2 N–H and O–H groups in total. The highest BCUT2D eigenvalue weighted by molar-refractivity contribution is 8.00. The fourth-order valence-electron chi connectivity index (χ4n) is 2.21. The summed E-state index contributed by atoms with van der Waals surface area (Å²) >= 11 is 1.55. The van der Waals surface area contributed by atoms with Gasteiger partial charge in [-0.25, -0.2) is 0 Å². The first-order valence-corrected chi connectivity index (χ1v) is 8.79. The maximum Gasteiger partial charge on any atom is 0.303 e. The molecular formula is C19H21NO3S. The number of benzene rings is 2. The summed E-state index contributed by atoms with van der Waals surface area (Å²) in [6, 6.07) is 17.2. The molecule has 0 aromatic heterocycles. The minimum atomic E-state index is -0.809. The van der Waals surface area contributed by atoms with Crippen molar-refractivity contribution in [3.8, 4) is 0 Å². The van der Waals surface area contributed by atoms with Gasteiger partial charge in [-0.05, 0) is 42.7 Å². The van der Waals surface area contributed by atoms with Crippen molar-refractivity contribution < 1.29 is 14.7 Å². The van der Waals surface area contributed by atoms with E-state index >= 15 is 0 Å². The molecule has 5 heteroatoms. The molecule has 2 aromatic rings. The molecule has 2 rings (SSSR count). The predicted octanol–water partition coefficient (Wildman–Crippen LogP) is 4.21. The van der Waals surface area contributed by atoms with Crippen LogP contribution >= 0.6 is 11.8 Å². The largest absolute Gasteiger partial charge is 0.481 e. The molecule has 0 aliphatic carbocycles. The van der Waals surface area contributed by atoms with Crippen LogP contribution in [0.3, 0.4) is 0 Å². The lowest BCUT2D eigenvalue weighted by atomic mass is 10.1. The zero-order valence-electron chi connectivity index (χ0n) is 13.6. The number of hydrogen-bond donors (Lipinski definition) is 2. The van der Waals surface area contributed by atoms with Crippen LogP contribution in [0.1, 0.15) is 25.3 Å². The second-order valence-corrected chi connectivity index (χ2v) is 6.68. The fraction of sp³-hybridized carbons (Fsp3) is 0.263. The van der Waals surface area contributed by atoms with Crippen LogP contribution in [0.5, 0.6) is 0 Å². The maximum atomic E-state index is 12.4. The van der Waals surface area contributed by atoms with Crippen LogP contribution in [0, 0.1) is 0 Å². The molecule has 126 valence electrons. The molecule has 0 radical (unpaired) electrons. The van der Waals surface area contributed by atoms with E-state index < -0.39 is 5.97 Å². The first kappa shape index (κ1) is 18.1. The smallest absolute Gasteiger partial charge is 0.303 e. The third kappa shape index (κ3) is 5.74. The Bertz CT molecular complexity index is 671. The predicted molar refractivity (Wildman–Crippen MR) is 97.4 cm³/mol. The highest BCUT2D eigenvalue weighted by atomic mass is 32.2. The third-order valence-electron chi connectivity index (χ3n) is 3.53. The van der Waals surface area contributed by atoms with E-state index in [0.29, 0.717) is 6.42 Å². The lowest BCUT2D eigenvalue weighted by Crippen LogP contribution is -2.24. The number of carboxylic acids is 1. The van der Waals surface area contributed by atoms with Crippen LogP contribution in [0.25, 0.3) is 0 Å². The van der Waals surface area contributed by atoms with E-state index in [2.05, 4.69) is 5.32 Å². The van der Waals surface area contributed by atoms with Crippen LogP contribution in [-0.4, -0.2) is 22.2 Å². The highest BCUT2D eigenvalue weighted by Crippen LogP contribution is 2.26. The third-order valence-corrected chi connectivity index (χ3v) is 4.91. The Morgan fingerprint density at radius 1 is 1.08 bits per heavy atom. The van der Waals surface area contributed by atoms with Crippen LogP contribution in [0.4, 0.5) is 5.69 Å². The van der Waals surface area contributed by atoms with E-state index in [1.54, 1.807) is 11.8 Å². The summed E-state index contributed by atoms with van der Waals surface area (Å²) in [5.74, 6) is -0.833. The van der Waals surface area contributed by atoms with Gasteiger partial charge in [0.25, 0.3) is 0 Å². The molecular weight excluding hydrogens is 322 g/mol. The molecule has 0 fully saturated rings. The van der Waals surface area contributed by atoms with Crippen LogP contribution in [0.2, 0.25) is 0 Å². The van der Waals surface area contributed by atoms with Gasteiger partial charge in [0, 0.05) is 17.0 Å². The highest BCUT2D eigenvalue weighted by Gasteiger charge is 2.17. The Morgan fingerprint density at radius 2 is 1.75 bits per heavy atom. The summed E-state index contributed by atoms with van der Waals surface area (Å²) in [5.41, 5.74) is 1.67. The van der Waals surface area contributed by atoms with Gasteiger partial charge in [-0.15, -0.1) is 11.8 Å². The van der Waals surface area contributed by atoms with E-state index in [9.17, 15) is 9.59 Å². The van der Waals surface area contributed by atoms with Gasteiger partial charge in [-0.1, -0.05) is 37.3 Å². The summed E-state index contributed by atoms with van der Waals surface area (Å²) < 4.78 is 0. The molecule has 1 amide bonds. The number of nitrogens with one attached hydrogen (secondary N) is 1. The quantitative estimate of drug-likeness (QED) is 0.705. The molecule has 0 saturated heterocycles. The second kappa shape index (κ2) is 9.13. The molecule has 0 saturated carbocycles. The van der Waals surface area contributed by atoms with Gasteiger partial charge in [0.05, 0.1) is 5.25 Å². The molecule has 24 heavy (non-hydrogen) atoms. The van der Waals surface area contributed by atoms with Crippen molar-refractivity contribution in [2.45, 2.75) is 36.3 Å². The molecule has 0 aliphatic rings.